The summed E-state index contributed by atoms with van der Waals surface area (Å²) in [6, 6.07) is 86.8. The van der Waals surface area contributed by atoms with Gasteiger partial charge in [-0.15, -0.1) is 0 Å². The van der Waals surface area contributed by atoms with Crippen LogP contribution >= 0.6 is 0 Å². The lowest BCUT2D eigenvalue weighted by Crippen LogP contribution is -2.29. The van der Waals surface area contributed by atoms with Gasteiger partial charge in [0.05, 0.1) is 11.1 Å². The van der Waals surface area contributed by atoms with Crippen molar-refractivity contribution in [2.24, 2.45) is 0 Å². The van der Waals surface area contributed by atoms with E-state index in [2.05, 4.69) is 243 Å². The summed E-state index contributed by atoms with van der Waals surface area (Å²) in [6.45, 7) is 4.34. The van der Waals surface area contributed by atoms with Gasteiger partial charge in [-0.25, -0.2) is 0 Å². The van der Waals surface area contributed by atoms with Gasteiger partial charge < -0.3 is 9.32 Å². The lowest BCUT2D eigenvalue weighted by atomic mass is 9.67. The van der Waals surface area contributed by atoms with Gasteiger partial charge in [0.15, 0.2) is 0 Å². The molecule has 1 aromatic heterocycles. The summed E-state index contributed by atoms with van der Waals surface area (Å²) in [4.78, 5) is 2.45. The molecule has 0 saturated carbocycles. The molecule has 0 fully saturated rings. The van der Waals surface area contributed by atoms with Gasteiger partial charge in [0.25, 0.3) is 0 Å². The first-order valence-electron chi connectivity index (χ1n) is 22.5. The van der Waals surface area contributed by atoms with Crippen LogP contribution in [-0.4, -0.2) is 0 Å². The Morgan fingerprint density at radius 2 is 0.862 bits per heavy atom. The summed E-state index contributed by atoms with van der Waals surface area (Å²) in [5.74, 6) is 0. The molecule has 0 spiro atoms. The molecule has 0 aliphatic heterocycles. The number of benzene rings is 10. The lowest BCUT2D eigenvalue weighted by molar-refractivity contribution is 0.669. The average molecular weight is 832 g/mol. The smallest absolute Gasteiger partial charge is 0.135 e. The van der Waals surface area contributed by atoms with Crippen molar-refractivity contribution in [1.82, 2.24) is 0 Å². The highest BCUT2D eigenvalue weighted by molar-refractivity contribution is 6.06. The molecule has 0 atom stereocenters. The minimum atomic E-state index is -0.540. The number of nitrogens with zero attached hydrogens (tertiary/aromatic N) is 1. The van der Waals surface area contributed by atoms with Crippen molar-refractivity contribution in [1.29, 1.82) is 0 Å². The first-order valence-corrected chi connectivity index (χ1v) is 22.5. The third-order valence-corrected chi connectivity index (χ3v) is 13.5. The second-order valence-corrected chi connectivity index (χ2v) is 17.4. The van der Waals surface area contributed by atoms with E-state index in [0.29, 0.717) is 0 Å². The van der Waals surface area contributed by atoms with Crippen molar-refractivity contribution in [3.63, 3.8) is 0 Å². The number of furan rings is 1. The number of fused-ring (bicyclic) bond motifs is 6. The predicted octanol–water partition coefficient (Wildman–Crippen LogP) is 17.0. The van der Waals surface area contributed by atoms with E-state index in [-0.39, 0.29) is 0 Å². The molecule has 65 heavy (non-hydrogen) atoms. The summed E-state index contributed by atoms with van der Waals surface area (Å²) >= 11 is 0. The minimum absolute atomic E-state index is 0.540. The Kier molecular flexibility index (Phi) is 9.21. The Balaban J connectivity index is 1.06. The van der Waals surface area contributed by atoms with E-state index in [4.69, 9.17) is 4.42 Å². The number of anilines is 3. The van der Waals surface area contributed by atoms with Crippen LogP contribution < -0.4 is 4.90 Å². The molecule has 11 aromatic rings. The average Bonchev–Trinajstić information content (AvgIpc) is 3.88. The third kappa shape index (κ3) is 6.40. The Bertz CT molecular complexity index is 3480. The summed E-state index contributed by atoms with van der Waals surface area (Å²) in [6.07, 6.45) is 0. The van der Waals surface area contributed by atoms with Crippen molar-refractivity contribution in [2.45, 2.75) is 19.3 Å². The molecule has 1 aliphatic rings. The fourth-order valence-electron chi connectivity index (χ4n) is 10.3. The Morgan fingerprint density at radius 3 is 1.60 bits per heavy atom. The second-order valence-electron chi connectivity index (χ2n) is 17.4. The van der Waals surface area contributed by atoms with E-state index in [1.165, 1.54) is 55.6 Å². The largest absolute Gasteiger partial charge is 0.456 e. The van der Waals surface area contributed by atoms with Gasteiger partial charge in [0.1, 0.15) is 11.2 Å². The predicted molar refractivity (Wildman–Crippen MR) is 271 cm³/mol. The molecule has 0 unspecified atom stereocenters. The van der Waals surface area contributed by atoms with Gasteiger partial charge in [-0.2, -0.15) is 0 Å². The highest BCUT2D eigenvalue weighted by Gasteiger charge is 2.46. The second kappa shape index (κ2) is 15.6. The Labute approximate surface area is 380 Å². The molecule has 0 bridgehead atoms. The van der Waals surface area contributed by atoms with E-state index < -0.39 is 5.41 Å². The molecule has 0 amide bonds. The maximum atomic E-state index is 6.20. The van der Waals surface area contributed by atoms with Gasteiger partial charge in [-0.3, -0.25) is 0 Å². The van der Waals surface area contributed by atoms with Crippen LogP contribution in [0.15, 0.2) is 241 Å². The summed E-state index contributed by atoms with van der Waals surface area (Å²) in [7, 11) is 0. The number of rotatable bonds is 8. The summed E-state index contributed by atoms with van der Waals surface area (Å²) < 4.78 is 6.20. The minimum Gasteiger partial charge on any atom is -0.456 e. The van der Waals surface area contributed by atoms with Crippen LogP contribution in [0.1, 0.15) is 33.4 Å². The van der Waals surface area contributed by atoms with Crippen molar-refractivity contribution in [2.75, 3.05) is 4.90 Å². The SMILES string of the molecule is Cc1ccc(C2(c3ccc(C)cc3)c3ccccc3-c3ccc(N(c4ccc(-c5ccc6oc7ccccc7c6c5)cc4)c4ccccc4-c4ccc(-c5ccccc5)cc4)cc32)cc1. The van der Waals surface area contributed by atoms with Gasteiger partial charge in [-0.1, -0.05) is 199 Å². The number of hydrogen-bond donors (Lipinski definition) is 0. The molecule has 1 aliphatic carbocycles. The maximum Gasteiger partial charge on any atom is 0.135 e. The molecule has 2 heteroatoms. The van der Waals surface area contributed by atoms with Gasteiger partial charge in [0, 0.05) is 27.7 Å². The standard InChI is InChI=1S/C63H45NO/c1-42-20-31-49(32-21-42)63(50-33-22-43(2)23-34-50)58-17-9-6-15-54(58)55-38-37-52(41-59(55)63)64(60-18-10-7-14-53(60)47-26-24-45(25-27-47)44-12-4-3-5-13-44)51-35-28-46(29-36-51)48-30-39-62-57(40-48)56-16-8-11-19-61(56)65-62/h3-41H,1-2H3. The van der Waals surface area contributed by atoms with Crippen LogP contribution in [0.5, 0.6) is 0 Å². The number of para-hydroxylation sites is 2. The highest BCUT2D eigenvalue weighted by atomic mass is 16.3. The van der Waals surface area contributed by atoms with Crippen LogP contribution in [0.25, 0.3) is 66.4 Å². The van der Waals surface area contributed by atoms with Crippen molar-refractivity contribution < 1.29 is 4.42 Å². The monoisotopic (exact) mass is 831 g/mol. The first-order chi connectivity index (χ1) is 32.0. The van der Waals surface area contributed by atoms with E-state index >= 15 is 0 Å². The Hall–Kier alpha value is -8.20. The fourth-order valence-corrected chi connectivity index (χ4v) is 10.3. The van der Waals surface area contributed by atoms with E-state index in [1.807, 2.05) is 12.1 Å². The van der Waals surface area contributed by atoms with Gasteiger partial charge in [0.2, 0.25) is 0 Å². The van der Waals surface area contributed by atoms with Gasteiger partial charge >= 0.3 is 0 Å². The van der Waals surface area contributed by atoms with Crippen molar-refractivity contribution >= 4 is 39.0 Å². The summed E-state index contributed by atoms with van der Waals surface area (Å²) in [5.41, 5.74) is 21.7. The zero-order valence-electron chi connectivity index (χ0n) is 36.4. The van der Waals surface area contributed by atoms with Crippen LogP contribution in [0.3, 0.4) is 0 Å². The zero-order chi connectivity index (χ0) is 43.5. The topological polar surface area (TPSA) is 16.4 Å². The molecule has 0 radical (unpaired) electrons. The molecule has 12 rings (SSSR count). The van der Waals surface area contributed by atoms with Gasteiger partial charge in [-0.05, 0) is 124 Å². The molecule has 0 saturated heterocycles. The number of hydrogen-bond acceptors (Lipinski definition) is 2. The normalized spacial score (nSPS) is 12.6. The van der Waals surface area contributed by atoms with Crippen LogP contribution in [0, 0.1) is 13.8 Å². The molecule has 10 aromatic carbocycles. The van der Waals surface area contributed by atoms with Crippen LogP contribution in [0.4, 0.5) is 17.1 Å². The van der Waals surface area contributed by atoms with Crippen molar-refractivity contribution in [3.8, 4) is 44.5 Å². The van der Waals surface area contributed by atoms with E-state index in [9.17, 15) is 0 Å². The molecule has 308 valence electrons. The molecular weight excluding hydrogens is 787 g/mol. The number of aryl methyl sites for hydroxylation is 2. The molecular formula is C63H45NO. The molecule has 2 nitrogen and oxygen atoms in total. The first kappa shape index (κ1) is 38.5. The van der Waals surface area contributed by atoms with E-state index in [1.54, 1.807) is 0 Å². The molecule has 0 N–H and O–H groups in total. The van der Waals surface area contributed by atoms with Crippen LogP contribution in [0.2, 0.25) is 0 Å². The highest BCUT2D eigenvalue weighted by Crippen LogP contribution is 2.57. The maximum absolute atomic E-state index is 6.20. The van der Waals surface area contributed by atoms with Crippen LogP contribution in [-0.2, 0) is 5.41 Å². The Morgan fingerprint density at radius 1 is 0.338 bits per heavy atom. The van der Waals surface area contributed by atoms with Crippen molar-refractivity contribution in [3.05, 3.63) is 270 Å². The lowest BCUT2D eigenvalue weighted by Gasteiger charge is -2.35. The zero-order valence-corrected chi connectivity index (χ0v) is 36.4. The quantitative estimate of drug-likeness (QED) is 0.152. The van der Waals surface area contributed by atoms with E-state index in [0.717, 1.165) is 61.3 Å². The fraction of sp³-hybridized carbons (Fsp3) is 0.0476. The third-order valence-electron chi connectivity index (χ3n) is 13.5. The molecule has 1 heterocycles. The summed E-state index contributed by atoms with van der Waals surface area (Å²) in [5, 5.41) is 2.26.